The van der Waals surface area contributed by atoms with Gasteiger partial charge in [-0.1, -0.05) is 36.9 Å². The van der Waals surface area contributed by atoms with Crippen LogP contribution in [0, 0.1) is 5.92 Å². The van der Waals surface area contributed by atoms with Crippen LogP contribution in [0.5, 0.6) is 5.75 Å². The number of thioether (sulfide) groups is 1. The number of hydrogen-bond acceptors (Lipinski definition) is 5. The smallest absolute Gasteiger partial charge is 0.263 e. The van der Waals surface area contributed by atoms with Crippen LogP contribution in [0.3, 0.4) is 0 Å². The van der Waals surface area contributed by atoms with Crippen molar-refractivity contribution >= 4 is 33.3 Å². The number of hydrogen-bond donors (Lipinski definition) is 0. The standard InChI is InChI=1S/C22H26N2O2S2/c1-3-24-21(25)19-17-11-10-15(2)14-18(17)28-20(19)23-22(24)27-13-7-12-26-16-8-5-4-6-9-16/h4-6,8-9,15H,3,7,10-14H2,1-2H3/t15-/m0/s1. The van der Waals surface area contributed by atoms with E-state index in [1.165, 1.54) is 16.9 Å². The molecule has 0 fully saturated rings. The van der Waals surface area contributed by atoms with E-state index in [1.54, 1.807) is 23.1 Å². The molecule has 0 N–H and O–H groups in total. The molecule has 1 atom stereocenters. The molecule has 2 aromatic heterocycles. The molecular weight excluding hydrogens is 388 g/mol. The lowest BCUT2D eigenvalue weighted by Crippen LogP contribution is -2.23. The molecule has 0 saturated heterocycles. The molecule has 0 radical (unpaired) electrons. The van der Waals surface area contributed by atoms with Crippen LogP contribution in [0.4, 0.5) is 0 Å². The molecule has 4 rings (SSSR count). The summed E-state index contributed by atoms with van der Waals surface area (Å²) in [5.74, 6) is 2.48. The van der Waals surface area contributed by atoms with Gasteiger partial charge < -0.3 is 4.74 Å². The van der Waals surface area contributed by atoms with Crippen LogP contribution in [0.2, 0.25) is 0 Å². The zero-order valence-corrected chi connectivity index (χ0v) is 18.1. The molecule has 4 nitrogen and oxygen atoms in total. The average Bonchev–Trinajstić information content (AvgIpc) is 3.06. The van der Waals surface area contributed by atoms with E-state index < -0.39 is 0 Å². The zero-order chi connectivity index (χ0) is 19.5. The van der Waals surface area contributed by atoms with Gasteiger partial charge in [0.2, 0.25) is 0 Å². The lowest BCUT2D eigenvalue weighted by atomic mass is 9.89. The van der Waals surface area contributed by atoms with E-state index >= 15 is 0 Å². The third-order valence-electron chi connectivity index (χ3n) is 5.23. The Kier molecular flexibility index (Phi) is 6.07. The Morgan fingerprint density at radius 1 is 1.32 bits per heavy atom. The molecule has 6 heteroatoms. The molecule has 1 aliphatic rings. The summed E-state index contributed by atoms with van der Waals surface area (Å²) in [6.07, 6.45) is 4.18. The second kappa shape index (κ2) is 8.70. The summed E-state index contributed by atoms with van der Waals surface area (Å²) in [5.41, 5.74) is 1.41. The van der Waals surface area contributed by atoms with Crippen molar-refractivity contribution < 1.29 is 4.74 Å². The Hall–Kier alpha value is -1.79. The minimum absolute atomic E-state index is 0.141. The summed E-state index contributed by atoms with van der Waals surface area (Å²) in [5, 5.41) is 1.72. The minimum atomic E-state index is 0.141. The fourth-order valence-corrected chi connectivity index (χ4v) is 6.12. The van der Waals surface area contributed by atoms with Gasteiger partial charge in [0.1, 0.15) is 10.6 Å². The summed E-state index contributed by atoms with van der Waals surface area (Å²) >= 11 is 3.39. The molecule has 1 aliphatic carbocycles. The van der Waals surface area contributed by atoms with Gasteiger partial charge in [0, 0.05) is 17.2 Å². The van der Waals surface area contributed by atoms with Gasteiger partial charge in [-0.15, -0.1) is 11.3 Å². The van der Waals surface area contributed by atoms with Gasteiger partial charge in [-0.05, 0) is 56.2 Å². The third-order valence-corrected chi connectivity index (χ3v) is 7.44. The Morgan fingerprint density at radius 2 is 2.14 bits per heavy atom. The average molecular weight is 415 g/mol. The predicted molar refractivity (Wildman–Crippen MR) is 118 cm³/mol. The predicted octanol–water partition coefficient (Wildman–Crippen LogP) is 5.16. The summed E-state index contributed by atoms with van der Waals surface area (Å²) < 4.78 is 7.60. The van der Waals surface area contributed by atoms with E-state index in [1.807, 2.05) is 41.8 Å². The largest absolute Gasteiger partial charge is 0.494 e. The molecule has 2 heterocycles. The van der Waals surface area contributed by atoms with E-state index in [2.05, 4.69) is 6.92 Å². The van der Waals surface area contributed by atoms with E-state index in [0.717, 1.165) is 46.1 Å². The van der Waals surface area contributed by atoms with E-state index in [-0.39, 0.29) is 5.56 Å². The van der Waals surface area contributed by atoms with Crippen molar-refractivity contribution in [2.24, 2.45) is 5.92 Å². The van der Waals surface area contributed by atoms with Crippen molar-refractivity contribution in [2.75, 3.05) is 12.4 Å². The van der Waals surface area contributed by atoms with Crippen LogP contribution < -0.4 is 10.3 Å². The normalized spacial score (nSPS) is 16.3. The van der Waals surface area contributed by atoms with E-state index in [0.29, 0.717) is 19.1 Å². The summed E-state index contributed by atoms with van der Waals surface area (Å²) in [4.78, 5) is 20.4. The lowest BCUT2D eigenvalue weighted by Gasteiger charge is -2.17. The summed E-state index contributed by atoms with van der Waals surface area (Å²) in [6, 6.07) is 9.88. The Bertz CT molecular complexity index is 1010. The van der Waals surface area contributed by atoms with Crippen molar-refractivity contribution in [3.05, 3.63) is 51.1 Å². The Balaban J connectivity index is 1.48. The summed E-state index contributed by atoms with van der Waals surface area (Å²) in [6.45, 7) is 5.65. The highest BCUT2D eigenvalue weighted by atomic mass is 32.2. The number of nitrogens with zero attached hydrogens (tertiary/aromatic N) is 2. The maximum atomic E-state index is 13.2. The second-order valence-electron chi connectivity index (χ2n) is 7.34. The van der Waals surface area contributed by atoms with Crippen LogP contribution in [0.1, 0.15) is 37.1 Å². The highest BCUT2D eigenvalue weighted by molar-refractivity contribution is 7.99. The maximum Gasteiger partial charge on any atom is 0.263 e. The number of ether oxygens (including phenoxy) is 1. The Labute approximate surface area is 174 Å². The molecule has 3 aromatic rings. The lowest BCUT2D eigenvalue weighted by molar-refractivity contribution is 0.318. The molecule has 148 valence electrons. The van der Waals surface area contributed by atoms with Crippen molar-refractivity contribution in [3.8, 4) is 5.75 Å². The first-order chi connectivity index (χ1) is 13.7. The molecule has 0 spiro atoms. The first-order valence-corrected chi connectivity index (χ1v) is 11.8. The summed E-state index contributed by atoms with van der Waals surface area (Å²) in [7, 11) is 0. The maximum absolute atomic E-state index is 13.2. The van der Waals surface area contributed by atoms with Crippen molar-refractivity contribution in [3.63, 3.8) is 0 Å². The molecule has 0 amide bonds. The van der Waals surface area contributed by atoms with E-state index in [9.17, 15) is 4.79 Å². The fourth-order valence-electron chi connectivity index (χ4n) is 3.72. The van der Waals surface area contributed by atoms with Gasteiger partial charge >= 0.3 is 0 Å². The molecule has 0 unspecified atom stereocenters. The highest BCUT2D eigenvalue weighted by Crippen LogP contribution is 2.36. The second-order valence-corrected chi connectivity index (χ2v) is 9.48. The zero-order valence-electron chi connectivity index (χ0n) is 16.4. The van der Waals surface area contributed by atoms with Gasteiger partial charge in [0.25, 0.3) is 5.56 Å². The van der Waals surface area contributed by atoms with Crippen LogP contribution in [0.25, 0.3) is 10.2 Å². The van der Waals surface area contributed by atoms with Gasteiger partial charge in [-0.25, -0.2) is 4.98 Å². The van der Waals surface area contributed by atoms with Crippen LogP contribution in [0.15, 0.2) is 40.3 Å². The molecule has 28 heavy (non-hydrogen) atoms. The molecule has 0 aliphatic heterocycles. The molecule has 0 saturated carbocycles. The van der Waals surface area contributed by atoms with Crippen molar-refractivity contribution in [1.29, 1.82) is 0 Å². The molecule has 0 bridgehead atoms. The van der Waals surface area contributed by atoms with Crippen LogP contribution in [-0.4, -0.2) is 21.9 Å². The van der Waals surface area contributed by atoms with Gasteiger partial charge in [0.15, 0.2) is 5.16 Å². The van der Waals surface area contributed by atoms with Crippen molar-refractivity contribution in [1.82, 2.24) is 9.55 Å². The van der Waals surface area contributed by atoms with E-state index in [4.69, 9.17) is 9.72 Å². The van der Waals surface area contributed by atoms with Crippen LogP contribution >= 0.6 is 23.1 Å². The number of benzene rings is 1. The topological polar surface area (TPSA) is 44.1 Å². The SMILES string of the molecule is CCn1c(SCCCOc2ccccc2)nc2sc3c(c2c1=O)CC[C@H](C)C3. The first kappa shape index (κ1) is 19.5. The fraction of sp³-hybridized carbons (Fsp3) is 0.455. The number of fused-ring (bicyclic) bond motifs is 3. The first-order valence-electron chi connectivity index (χ1n) is 10.0. The number of para-hydroxylation sites is 1. The van der Waals surface area contributed by atoms with Gasteiger partial charge in [-0.2, -0.15) is 0 Å². The number of aryl methyl sites for hydroxylation is 1. The van der Waals surface area contributed by atoms with Crippen LogP contribution in [-0.2, 0) is 19.4 Å². The van der Waals surface area contributed by atoms with Crippen molar-refractivity contribution in [2.45, 2.75) is 51.2 Å². The third kappa shape index (κ3) is 3.98. The highest BCUT2D eigenvalue weighted by Gasteiger charge is 2.24. The number of rotatable bonds is 7. The minimum Gasteiger partial charge on any atom is -0.494 e. The molecule has 1 aromatic carbocycles. The number of aromatic nitrogens is 2. The molecular formula is C22H26N2O2S2. The monoisotopic (exact) mass is 414 g/mol. The quantitative estimate of drug-likeness (QED) is 0.304. The number of thiophene rings is 1. The van der Waals surface area contributed by atoms with Gasteiger partial charge in [-0.3, -0.25) is 9.36 Å². The Morgan fingerprint density at radius 3 is 2.93 bits per heavy atom. The van der Waals surface area contributed by atoms with Gasteiger partial charge in [0.05, 0.1) is 12.0 Å².